The van der Waals surface area contributed by atoms with E-state index in [0.29, 0.717) is 24.3 Å². The number of carbonyl (C=O) groups is 2. The number of urea groups is 1. The maximum atomic E-state index is 12.7. The van der Waals surface area contributed by atoms with Crippen molar-refractivity contribution in [2.45, 2.75) is 31.7 Å². The number of hydrogen-bond donors (Lipinski definition) is 1. The molecular weight excluding hydrogens is 332 g/mol. The van der Waals surface area contributed by atoms with Gasteiger partial charge in [0.2, 0.25) is 0 Å². The van der Waals surface area contributed by atoms with Gasteiger partial charge in [0.05, 0.1) is 25.3 Å². The third-order valence-corrected chi connectivity index (χ3v) is 5.02. The van der Waals surface area contributed by atoms with Crippen molar-refractivity contribution >= 4 is 12.0 Å². The molecule has 6 heteroatoms. The van der Waals surface area contributed by atoms with Crippen LogP contribution in [0.15, 0.2) is 48.5 Å². The van der Waals surface area contributed by atoms with Crippen LogP contribution in [0.1, 0.15) is 40.9 Å². The fraction of sp³-hybridized carbons (Fsp3) is 0.300. The Bertz CT molecular complexity index is 867. The van der Waals surface area contributed by atoms with Gasteiger partial charge in [-0.15, -0.1) is 0 Å². The van der Waals surface area contributed by atoms with E-state index in [1.165, 1.54) is 7.11 Å². The molecule has 2 aliphatic heterocycles. The number of carbonyl (C=O) groups excluding carboxylic acids is 2. The maximum Gasteiger partial charge on any atom is 0.337 e. The zero-order chi connectivity index (χ0) is 18.3. The molecule has 2 amide bonds. The minimum Gasteiger partial charge on any atom is -0.468 e. The van der Waals surface area contributed by atoms with Crippen molar-refractivity contribution in [2.24, 2.45) is 0 Å². The van der Waals surface area contributed by atoms with Gasteiger partial charge in [0, 0.05) is 12.0 Å². The lowest BCUT2D eigenvalue weighted by atomic mass is 9.89. The number of fused-ring (bicyclic) bond motifs is 4. The number of ether oxygens (including phenoxy) is 2. The number of nitrogens with zero attached hydrogens (tertiary/aromatic N) is 1. The molecule has 1 saturated heterocycles. The van der Waals surface area contributed by atoms with Gasteiger partial charge >= 0.3 is 12.0 Å². The monoisotopic (exact) mass is 352 g/mol. The minimum atomic E-state index is -0.747. The van der Waals surface area contributed by atoms with Gasteiger partial charge in [0.1, 0.15) is 5.75 Å². The lowest BCUT2D eigenvalue weighted by molar-refractivity contribution is -0.0879. The Morgan fingerprint density at radius 2 is 2.08 bits per heavy atom. The normalized spacial score (nSPS) is 23.5. The lowest BCUT2D eigenvalue weighted by Crippen LogP contribution is -2.64. The second-order valence-electron chi connectivity index (χ2n) is 6.80. The molecule has 0 aliphatic carbocycles. The zero-order valence-corrected chi connectivity index (χ0v) is 14.7. The summed E-state index contributed by atoms with van der Waals surface area (Å²) in [5.41, 5.74) is 1.54. The molecule has 2 aliphatic rings. The zero-order valence-electron chi connectivity index (χ0n) is 14.7. The highest BCUT2D eigenvalue weighted by Crippen LogP contribution is 2.44. The van der Waals surface area contributed by atoms with Crippen LogP contribution in [0.3, 0.4) is 0 Å². The Labute approximate surface area is 151 Å². The minimum absolute atomic E-state index is 0.179. The van der Waals surface area contributed by atoms with E-state index >= 15 is 0 Å². The van der Waals surface area contributed by atoms with Crippen LogP contribution in [0, 0.1) is 0 Å². The van der Waals surface area contributed by atoms with Crippen molar-refractivity contribution in [3.05, 3.63) is 65.2 Å². The molecule has 6 nitrogen and oxygen atoms in total. The lowest BCUT2D eigenvalue weighted by Gasteiger charge is -2.50. The summed E-state index contributed by atoms with van der Waals surface area (Å²) in [4.78, 5) is 26.3. The average molecular weight is 352 g/mol. The van der Waals surface area contributed by atoms with E-state index in [9.17, 15) is 9.59 Å². The van der Waals surface area contributed by atoms with Crippen molar-refractivity contribution in [2.75, 3.05) is 7.11 Å². The van der Waals surface area contributed by atoms with E-state index in [-0.39, 0.29) is 12.1 Å². The number of benzene rings is 2. The number of esters is 1. The summed E-state index contributed by atoms with van der Waals surface area (Å²) in [6, 6.07) is 14.6. The fourth-order valence-corrected chi connectivity index (χ4v) is 3.67. The predicted molar refractivity (Wildman–Crippen MR) is 94.7 cm³/mol. The Morgan fingerprint density at radius 1 is 1.31 bits per heavy atom. The summed E-state index contributed by atoms with van der Waals surface area (Å²) in [7, 11) is 1.35. The summed E-state index contributed by atoms with van der Waals surface area (Å²) < 4.78 is 11.0. The first-order valence-corrected chi connectivity index (χ1v) is 8.53. The molecule has 4 rings (SSSR count). The second-order valence-corrected chi connectivity index (χ2v) is 6.80. The van der Waals surface area contributed by atoms with Crippen molar-refractivity contribution in [3.63, 3.8) is 0 Å². The first-order valence-electron chi connectivity index (χ1n) is 8.53. The average Bonchev–Trinajstić information content (AvgIpc) is 2.65. The standard InChI is InChI=1S/C20H20N2O4/c1-20-11-16(15-10-14(18(23)25-2)8-9-17(15)26-20)21-19(24)22(20)12-13-6-4-3-5-7-13/h3-10,16H,11-12H2,1-2H3,(H,21,24)/t16-,20-/m1/s1. The molecule has 2 bridgehead atoms. The first-order chi connectivity index (χ1) is 12.5. The van der Waals surface area contributed by atoms with Crippen LogP contribution >= 0.6 is 0 Å². The van der Waals surface area contributed by atoms with Crippen molar-refractivity contribution in [3.8, 4) is 5.75 Å². The Morgan fingerprint density at radius 3 is 2.81 bits per heavy atom. The van der Waals surface area contributed by atoms with Crippen LogP contribution in [0.4, 0.5) is 4.79 Å². The summed E-state index contributed by atoms with van der Waals surface area (Å²) in [5.74, 6) is 0.267. The molecule has 2 heterocycles. The van der Waals surface area contributed by atoms with Crippen LogP contribution in [0.5, 0.6) is 5.75 Å². The van der Waals surface area contributed by atoms with Gasteiger partial charge in [0.15, 0.2) is 5.72 Å². The molecule has 1 N–H and O–H groups in total. The highest BCUT2D eigenvalue weighted by Gasteiger charge is 2.49. The summed E-state index contributed by atoms with van der Waals surface area (Å²) in [6.07, 6.45) is 0.600. The quantitative estimate of drug-likeness (QED) is 0.861. The molecule has 0 saturated carbocycles. The summed E-state index contributed by atoms with van der Waals surface area (Å²) in [6.45, 7) is 2.39. The molecule has 0 radical (unpaired) electrons. The molecule has 134 valence electrons. The predicted octanol–water partition coefficient (Wildman–Crippen LogP) is 3.24. The molecule has 0 unspecified atom stereocenters. The van der Waals surface area contributed by atoms with E-state index < -0.39 is 11.7 Å². The largest absolute Gasteiger partial charge is 0.468 e. The van der Waals surface area contributed by atoms with Gasteiger partial charge in [-0.25, -0.2) is 9.59 Å². The van der Waals surface area contributed by atoms with Crippen molar-refractivity contribution in [1.29, 1.82) is 0 Å². The van der Waals surface area contributed by atoms with Crippen molar-refractivity contribution < 1.29 is 19.1 Å². The smallest absolute Gasteiger partial charge is 0.337 e. The SMILES string of the molecule is COC(=O)c1ccc2c(c1)[C@H]1C[C@@](C)(O2)N(Cc2ccccc2)C(=O)N1. The van der Waals surface area contributed by atoms with Crippen molar-refractivity contribution in [1.82, 2.24) is 10.2 Å². The van der Waals surface area contributed by atoms with Gasteiger partial charge in [-0.2, -0.15) is 0 Å². The van der Waals surface area contributed by atoms with E-state index in [1.807, 2.05) is 37.3 Å². The van der Waals surface area contributed by atoms with Crippen LogP contribution in [-0.2, 0) is 11.3 Å². The molecule has 0 aromatic heterocycles. The van der Waals surface area contributed by atoms with Gasteiger partial charge < -0.3 is 14.8 Å². The van der Waals surface area contributed by atoms with E-state index in [1.54, 1.807) is 23.1 Å². The third kappa shape index (κ3) is 2.67. The number of nitrogens with one attached hydrogen (secondary N) is 1. The Kier molecular flexibility index (Phi) is 3.83. The van der Waals surface area contributed by atoms with Gasteiger partial charge in [-0.1, -0.05) is 30.3 Å². The second kappa shape index (κ2) is 6.05. The number of methoxy groups -OCH3 is 1. The van der Waals surface area contributed by atoms with Gasteiger partial charge in [-0.05, 0) is 30.7 Å². The Hall–Kier alpha value is -3.02. The summed E-state index contributed by atoms with van der Waals surface area (Å²) in [5, 5.41) is 3.04. The van der Waals surface area contributed by atoms with Crippen LogP contribution < -0.4 is 10.1 Å². The molecule has 1 fully saturated rings. The molecule has 2 aromatic carbocycles. The van der Waals surface area contributed by atoms with E-state index in [4.69, 9.17) is 9.47 Å². The molecule has 2 atom stereocenters. The summed E-state index contributed by atoms with van der Waals surface area (Å²) >= 11 is 0. The van der Waals surface area contributed by atoms with E-state index in [0.717, 1.165) is 11.1 Å². The number of hydrogen-bond acceptors (Lipinski definition) is 4. The Balaban J connectivity index is 1.67. The van der Waals surface area contributed by atoms with Gasteiger partial charge in [0.25, 0.3) is 0 Å². The topological polar surface area (TPSA) is 67.9 Å². The molecule has 26 heavy (non-hydrogen) atoms. The molecule has 0 spiro atoms. The molecular formula is C20H20N2O4. The molecule has 2 aromatic rings. The van der Waals surface area contributed by atoms with Crippen LogP contribution in [0.2, 0.25) is 0 Å². The highest BCUT2D eigenvalue weighted by atomic mass is 16.5. The van der Waals surface area contributed by atoms with E-state index in [2.05, 4.69) is 5.32 Å². The number of rotatable bonds is 3. The maximum absolute atomic E-state index is 12.7. The first kappa shape index (κ1) is 16.4. The van der Waals surface area contributed by atoms with Crippen LogP contribution in [0.25, 0.3) is 0 Å². The highest BCUT2D eigenvalue weighted by molar-refractivity contribution is 5.90. The fourth-order valence-electron chi connectivity index (χ4n) is 3.67. The number of amides is 2. The third-order valence-electron chi connectivity index (χ3n) is 5.02. The van der Waals surface area contributed by atoms with Gasteiger partial charge in [-0.3, -0.25) is 4.90 Å². The van der Waals surface area contributed by atoms with Crippen LogP contribution in [-0.4, -0.2) is 29.7 Å².